The smallest absolute Gasteiger partial charge is 0.0178 e. The molecule has 0 fully saturated rings. The van der Waals surface area contributed by atoms with E-state index in [1.54, 1.807) is 0 Å². The van der Waals surface area contributed by atoms with Gasteiger partial charge in [0.25, 0.3) is 0 Å². The summed E-state index contributed by atoms with van der Waals surface area (Å²) in [7, 11) is 0. The minimum absolute atomic E-state index is 0.629. The average molecular weight is 298 g/mol. The summed E-state index contributed by atoms with van der Waals surface area (Å²) in [5.74, 6) is 0. The molecule has 0 aliphatic carbocycles. The van der Waals surface area contributed by atoms with Gasteiger partial charge in [-0.2, -0.15) is 0 Å². The first-order valence-electron chi connectivity index (χ1n) is 6.65. The van der Waals surface area contributed by atoms with Crippen LogP contribution in [-0.4, -0.2) is 24.0 Å². The second kappa shape index (κ2) is 7.88. The highest BCUT2D eigenvalue weighted by Gasteiger charge is 2.12. The van der Waals surface area contributed by atoms with E-state index in [2.05, 4.69) is 65.9 Å². The van der Waals surface area contributed by atoms with Gasteiger partial charge in [-0.3, -0.25) is 0 Å². The van der Waals surface area contributed by atoms with E-state index in [9.17, 15) is 0 Å². The zero-order chi connectivity index (χ0) is 12.7. The van der Waals surface area contributed by atoms with E-state index in [1.165, 1.54) is 36.0 Å². The molecule has 17 heavy (non-hydrogen) atoms. The maximum Gasteiger partial charge on any atom is 0.0178 e. The Morgan fingerprint density at radius 1 is 1.18 bits per heavy atom. The van der Waals surface area contributed by atoms with E-state index in [0.717, 1.165) is 6.42 Å². The second-order valence-electron chi connectivity index (χ2n) is 4.72. The summed E-state index contributed by atoms with van der Waals surface area (Å²) in [6, 6.07) is 9.29. The Morgan fingerprint density at radius 2 is 1.82 bits per heavy atom. The van der Waals surface area contributed by atoms with Gasteiger partial charge in [0.15, 0.2) is 0 Å². The predicted octanol–water partition coefficient (Wildman–Crippen LogP) is 4.50. The van der Waals surface area contributed by atoms with Crippen molar-refractivity contribution in [3.05, 3.63) is 34.3 Å². The molecule has 0 bridgehead atoms. The topological polar surface area (TPSA) is 3.24 Å². The van der Waals surface area contributed by atoms with Gasteiger partial charge in [-0.1, -0.05) is 41.9 Å². The Morgan fingerprint density at radius 3 is 2.35 bits per heavy atom. The summed E-state index contributed by atoms with van der Waals surface area (Å²) >= 11 is 3.54. The van der Waals surface area contributed by atoms with Gasteiger partial charge in [-0.25, -0.2) is 0 Å². The lowest BCUT2D eigenvalue weighted by molar-refractivity contribution is 0.208. The minimum Gasteiger partial charge on any atom is -0.300 e. The highest BCUT2D eigenvalue weighted by Crippen LogP contribution is 2.15. The first-order valence-corrected chi connectivity index (χ1v) is 7.45. The molecule has 0 saturated carbocycles. The number of hydrogen-bond donors (Lipinski definition) is 0. The van der Waals surface area contributed by atoms with Crippen LogP contribution in [0, 0.1) is 0 Å². The summed E-state index contributed by atoms with van der Waals surface area (Å²) in [5.41, 5.74) is 1.42. The molecule has 1 aromatic rings. The number of benzene rings is 1. The molecule has 0 aliphatic heterocycles. The summed E-state index contributed by atoms with van der Waals surface area (Å²) in [5, 5.41) is 0. The molecule has 1 nitrogen and oxygen atoms in total. The first-order chi connectivity index (χ1) is 8.17. The van der Waals surface area contributed by atoms with Crippen molar-refractivity contribution in [2.75, 3.05) is 13.1 Å². The Bertz CT molecular complexity index is 318. The minimum atomic E-state index is 0.629. The third-order valence-electron chi connectivity index (χ3n) is 3.07. The van der Waals surface area contributed by atoms with Gasteiger partial charge in [-0.05, 0) is 57.0 Å². The molecule has 2 heteroatoms. The lowest BCUT2D eigenvalue weighted by atomic mass is 10.1. The van der Waals surface area contributed by atoms with Crippen LogP contribution in [0.3, 0.4) is 0 Å². The third-order valence-corrected chi connectivity index (χ3v) is 3.56. The van der Waals surface area contributed by atoms with Crippen molar-refractivity contribution < 1.29 is 0 Å². The van der Waals surface area contributed by atoms with E-state index in [0.29, 0.717) is 6.04 Å². The highest BCUT2D eigenvalue weighted by atomic mass is 79.9. The van der Waals surface area contributed by atoms with Crippen LogP contribution in [-0.2, 0) is 6.42 Å². The van der Waals surface area contributed by atoms with E-state index in [1.807, 2.05) is 0 Å². The van der Waals surface area contributed by atoms with Crippen molar-refractivity contribution in [3.8, 4) is 0 Å². The van der Waals surface area contributed by atoms with Gasteiger partial charge in [0.05, 0.1) is 0 Å². The van der Waals surface area contributed by atoms with Crippen LogP contribution in [0.5, 0.6) is 0 Å². The molecule has 0 spiro atoms. The van der Waals surface area contributed by atoms with E-state index in [4.69, 9.17) is 0 Å². The molecule has 96 valence electrons. The third kappa shape index (κ3) is 5.22. The van der Waals surface area contributed by atoms with Gasteiger partial charge >= 0.3 is 0 Å². The summed E-state index contributed by atoms with van der Waals surface area (Å²) in [6.45, 7) is 9.28. The molecule has 1 rings (SSSR count). The predicted molar refractivity (Wildman–Crippen MR) is 79.5 cm³/mol. The fourth-order valence-corrected chi connectivity index (χ4v) is 2.71. The van der Waals surface area contributed by atoms with E-state index in [-0.39, 0.29) is 0 Å². The zero-order valence-corrected chi connectivity index (χ0v) is 12.8. The molecule has 0 aliphatic rings. The second-order valence-corrected chi connectivity index (χ2v) is 5.63. The Hall–Kier alpha value is -0.340. The lowest BCUT2D eigenvalue weighted by Gasteiger charge is -2.28. The van der Waals surface area contributed by atoms with Crippen molar-refractivity contribution in [3.63, 3.8) is 0 Å². The molecule has 0 aromatic heterocycles. The number of rotatable bonds is 7. The van der Waals surface area contributed by atoms with Crippen molar-refractivity contribution in [2.24, 2.45) is 0 Å². The van der Waals surface area contributed by atoms with Crippen LogP contribution in [0.1, 0.15) is 39.2 Å². The quantitative estimate of drug-likeness (QED) is 0.716. The van der Waals surface area contributed by atoms with Crippen LogP contribution >= 0.6 is 15.9 Å². The molecule has 0 amide bonds. The number of hydrogen-bond acceptors (Lipinski definition) is 1. The maximum atomic E-state index is 3.54. The van der Waals surface area contributed by atoms with Crippen molar-refractivity contribution in [1.82, 2.24) is 4.90 Å². The van der Waals surface area contributed by atoms with E-state index < -0.39 is 0 Å². The van der Waals surface area contributed by atoms with Crippen LogP contribution in [0.2, 0.25) is 0 Å². The summed E-state index contributed by atoms with van der Waals surface area (Å²) in [4.78, 5) is 2.60. The van der Waals surface area contributed by atoms with Gasteiger partial charge < -0.3 is 4.90 Å². The molecule has 1 atom stereocenters. The largest absolute Gasteiger partial charge is 0.300 e. The standard InChI is InChI=1S/C15H24BrN/c1-4-9-17(10-5-2)13(3)11-14-7-6-8-15(16)12-14/h6-8,12-13H,4-5,9-11H2,1-3H3. The molecule has 0 heterocycles. The maximum absolute atomic E-state index is 3.54. The summed E-state index contributed by atoms with van der Waals surface area (Å²) < 4.78 is 1.18. The fourth-order valence-electron chi connectivity index (χ4n) is 2.26. The van der Waals surface area contributed by atoms with Crippen LogP contribution < -0.4 is 0 Å². The van der Waals surface area contributed by atoms with Gasteiger partial charge in [-0.15, -0.1) is 0 Å². The van der Waals surface area contributed by atoms with Crippen molar-refractivity contribution in [2.45, 2.75) is 46.1 Å². The molecule has 0 saturated heterocycles. The van der Waals surface area contributed by atoms with Crippen molar-refractivity contribution >= 4 is 15.9 Å². The Labute approximate surface area is 114 Å². The monoisotopic (exact) mass is 297 g/mol. The van der Waals surface area contributed by atoms with Gasteiger partial charge in [0.1, 0.15) is 0 Å². The van der Waals surface area contributed by atoms with Gasteiger partial charge in [0.2, 0.25) is 0 Å². The summed E-state index contributed by atoms with van der Waals surface area (Å²) in [6.07, 6.45) is 3.62. The first kappa shape index (κ1) is 14.7. The SMILES string of the molecule is CCCN(CCC)C(C)Cc1cccc(Br)c1. The fraction of sp³-hybridized carbons (Fsp3) is 0.600. The highest BCUT2D eigenvalue weighted by molar-refractivity contribution is 9.10. The zero-order valence-electron chi connectivity index (χ0n) is 11.2. The van der Waals surface area contributed by atoms with Crippen LogP contribution in [0.4, 0.5) is 0 Å². The average Bonchev–Trinajstić information content (AvgIpc) is 2.28. The Balaban J connectivity index is 2.59. The number of halogens is 1. The molecule has 0 radical (unpaired) electrons. The Kier molecular flexibility index (Phi) is 6.83. The van der Waals surface area contributed by atoms with Gasteiger partial charge in [0, 0.05) is 10.5 Å². The molecular formula is C15H24BrN. The van der Waals surface area contributed by atoms with E-state index >= 15 is 0 Å². The lowest BCUT2D eigenvalue weighted by Crippen LogP contribution is -2.35. The van der Waals surface area contributed by atoms with Crippen LogP contribution in [0.15, 0.2) is 28.7 Å². The number of nitrogens with zero attached hydrogens (tertiary/aromatic N) is 1. The molecule has 1 aromatic carbocycles. The molecular weight excluding hydrogens is 274 g/mol. The van der Waals surface area contributed by atoms with Crippen molar-refractivity contribution in [1.29, 1.82) is 0 Å². The van der Waals surface area contributed by atoms with Crippen LogP contribution in [0.25, 0.3) is 0 Å². The molecule has 1 unspecified atom stereocenters. The molecule has 0 N–H and O–H groups in total. The normalized spacial score (nSPS) is 13.0.